The number of furan rings is 2. The molecule has 0 radical (unpaired) electrons. The number of benzene rings is 8. The van der Waals surface area contributed by atoms with Crippen molar-refractivity contribution in [3.05, 3.63) is 176 Å². The van der Waals surface area contributed by atoms with Gasteiger partial charge in [-0.2, -0.15) is 0 Å². The Morgan fingerprint density at radius 3 is 1.24 bits per heavy atom. The Kier molecular flexibility index (Phi) is 6.08. The Labute approximate surface area is 295 Å². The Bertz CT molecular complexity index is 2800. The highest BCUT2D eigenvalue weighted by atomic mass is 16.3. The van der Waals surface area contributed by atoms with Gasteiger partial charge in [0.25, 0.3) is 0 Å². The van der Waals surface area contributed by atoms with Crippen LogP contribution in [-0.2, 0) is 0 Å². The molecule has 10 aromatic rings. The summed E-state index contributed by atoms with van der Waals surface area (Å²) in [6.45, 7) is 0.0623. The molecule has 3 heteroatoms. The van der Waals surface area contributed by atoms with E-state index in [-0.39, 0.29) is 6.71 Å². The van der Waals surface area contributed by atoms with E-state index in [1.165, 1.54) is 60.9 Å². The zero-order chi connectivity index (χ0) is 33.5. The van der Waals surface area contributed by atoms with Crippen LogP contribution >= 0.6 is 0 Å². The normalized spacial score (nSPS) is 12.3. The van der Waals surface area contributed by atoms with Crippen molar-refractivity contribution in [1.29, 1.82) is 0 Å². The molecule has 8 aromatic carbocycles. The molecule has 0 saturated heterocycles. The van der Waals surface area contributed by atoms with Crippen molar-refractivity contribution < 1.29 is 8.83 Å². The van der Waals surface area contributed by atoms with Crippen LogP contribution in [0.15, 0.2) is 185 Å². The van der Waals surface area contributed by atoms with Crippen LogP contribution < -0.4 is 16.4 Å². The second-order valence-corrected chi connectivity index (χ2v) is 13.6. The van der Waals surface area contributed by atoms with E-state index in [1.54, 1.807) is 0 Å². The zero-order valence-electron chi connectivity index (χ0n) is 27.6. The standard InChI is InChI=1S/C48H29BO2/c1-2-10-34(11-3-1)49-43-22-18-30(32-20-24-47-41(28-32)37-14-6-8-16-45(37)50-47)26-39(43)35-12-4-5-13-36(35)40-27-31(19-23-44(40)49)33-21-25-48-42(29-33)38-15-7-9-17-46(38)51-48/h1-29H. The SMILES string of the molecule is c1ccc(B2c3ccc(-c4ccc5oc6ccccc6c5c4)cc3-c3ccccc3-c3cc(-c4ccc5oc6ccccc6c5c4)ccc32)cc1. The minimum Gasteiger partial charge on any atom is -0.456 e. The highest BCUT2D eigenvalue weighted by Crippen LogP contribution is 2.39. The Balaban J connectivity index is 1.12. The molecule has 0 amide bonds. The fraction of sp³-hybridized carbons (Fsp3) is 0. The predicted octanol–water partition coefficient (Wildman–Crippen LogP) is 11.0. The molecule has 51 heavy (non-hydrogen) atoms. The molecule has 0 spiro atoms. The second-order valence-electron chi connectivity index (χ2n) is 13.6. The quantitative estimate of drug-likeness (QED) is 0.178. The molecule has 0 atom stereocenters. The first-order chi connectivity index (χ1) is 25.3. The lowest BCUT2D eigenvalue weighted by Gasteiger charge is -2.19. The van der Waals surface area contributed by atoms with E-state index in [0.29, 0.717) is 0 Å². The van der Waals surface area contributed by atoms with E-state index in [4.69, 9.17) is 8.83 Å². The molecule has 0 unspecified atom stereocenters. The number of hydrogen-bond acceptors (Lipinski definition) is 2. The first kappa shape index (κ1) is 28.3. The smallest absolute Gasteiger partial charge is 0.242 e. The Hall–Kier alpha value is -6.58. The minimum atomic E-state index is 0.0623. The fourth-order valence-corrected chi connectivity index (χ4v) is 8.38. The van der Waals surface area contributed by atoms with Crippen LogP contribution in [0.1, 0.15) is 0 Å². The molecule has 0 aliphatic carbocycles. The molecule has 0 saturated carbocycles. The maximum Gasteiger partial charge on any atom is 0.242 e. The summed E-state index contributed by atoms with van der Waals surface area (Å²) in [7, 11) is 0. The maximum atomic E-state index is 6.17. The van der Waals surface area contributed by atoms with Crippen molar-refractivity contribution >= 4 is 67.0 Å². The van der Waals surface area contributed by atoms with Gasteiger partial charge in [-0.05, 0) is 93.0 Å². The molecule has 0 N–H and O–H groups in total. The van der Waals surface area contributed by atoms with Gasteiger partial charge in [-0.25, -0.2) is 0 Å². The molecule has 11 rings (SSSR count). The van der Waals surface area contributed by atoms with Gasteiger partial charge in [0.2, 0.25) is 6.71 Å². The van der Waals surface area contributed by atoms with Crippen LogP contribution in [0.3, 0.4) is 0 Å². The summed E-state index contributed by atoms with van der Waals surface area (Å²) in [6.07, 6.45) is 0. The van der Waals surface area contributed by atoms with Crippen molar-refractivity contribution in [2.45, 2.75) is 0 Å². The van der Waals surface area contributed by atoms with Gasteiger partial charge >= 0.3 is 0 Å². The highest BCUT2D eigenvalue weighted by Gasteiger charge is 2.32. The van der Waals surface area contributed by atoms with Gasteiger partial charge in [0.05, 0.1) is 0 Å². The lowest BCUT2D eigenvalue weighted by atomic mass is 9.35. The molecule has 3 heterocycles. The topological polar surface area (TPSA) is 26.3 Å². The second kappa shape index (κ2) is 11.0. The van der Waals surface area contributed by atoms with Gasteiger partial charge < -0.3 is 8.83 Å². The minimum absolute atomic E-state index is 0.0623. The fourth-order valence-electron chi connectivity index (χ4n) is 8.38. The van der Waals surface area contributed by atoms with Crippen molar-refractivity contribution in [1.82, 2.24) is 0 Å². The van der Waals surface area contributed by atoms with E-state index >= 15 is 0 Å². The van der Waals surface area contributed by atoms with Crippen molar-refractivity contribution in [3.63, 3.8) is 0 Å². The molecule has 1 aliphatic heterocycles. The zero-order valence-corrected chi connectivity index (χ0v) is 27.6. The Morgan fingerprint density at radius 1 is 0.294 bits per heavy atom. The molecule has 2 nitrogen and oxygen atoms in total. The highest BCUT2D eigenvalue weighted by molar-refractivity contribution is 6.97. The number of para-hydroxylation sites is 2. The third-order valence-electron chi connectivity index (χ3n) is 10.8. The van der Waals surface area contributed by atoms with Crippen molar-refractivity contribution in [2.75, 3.05) is 0 Å². The molecular weight excluding hydrogens is 619 g/mol. The molecule has 2 aromatic heterocycles. The number of fused-ring (bicyclic) bond motifs is 11. The maximum absolute atomic E-state index is 6.17. The summed E-state index contributed by atoms with van der Waals surface area (Å²) in [5.74, 6) is 0. The molecule has 1 aliphatic rings. The van der Waals surface area contributed by atoms with Gasteiger partial charge in [-0.15, -0.1) is 0 Å². The van der Waals surface area contributed by atoms with Crippen LogP contribution in [0.25, 0.3) is 88.4 Å². The van der Waals surface area contributed by atoms with Gasteiger partial charge in [0.1, 0.15) is 22.3 Å². The first-order valence-corrected chi connectivity index (χ1v) is 17.5. The Morgan fingerprint density at radius 2 is 0.706 bits per heavy atom. The van der Waals surface area contributed by atoms with Crippen LogP contribution in [-0.4, -0.2) is 6.71 Å². The summed E-state index contributed by atoms with van der Waals surface area (Å²) in [4.78, 5) is 0. The summed E-state index contributed by atoms with van der Waals surface area (Å²) in [5.41, 5.74) is 17.3. The van der Waals surface area contributed by atoms with E-state index < -0.39 is 0 Å². The predicted molar refractivity (Wildman–Crippen MR) is 214 cm³/mol. The lowest BCUT2D eigenvalue weighted by molar-refractivity contribution is 0.668. The summed E-state index contributed by atoms with van der Waals surface area (Å²) in [5, 5.41) is 4.57. The van der Waals surface area contributed by atoms with Crippen LogP contribution in [0.4, 0.5) is 0 Å². The van der Waals surface area contributed by atoms with E-state index in [2.05, 4.69) is 152 Å². The number of hydrogen-bond donors (Lipinski definition) is 0. The average Bonchev–Trinajstić information content (AvgIpc) is 3.73. The summed E-state index contributed by atoms with van der Waals surface area (Å²) >= 11 is 0. The van der Waals surface area contributed by atoms with Gasteiger partial charge in [-0.3, -0.25) is 0 Å². The number of rotatable bonds is 3. The molecule has 0 bridgehead atoms. The first-order valence-electron chi connectivity index (χ1n) is 17.5. The van der Waals surface area contributed by atoms with E-state index in [9.17, 15) is 0 Å². The van der Waals surface area contributed by atoms with Gasteiger partial charge in [-0.1, -0.05) is 144 Å². The molecular formula is C48H29BO2. The van der Waals surface area contributed by atoms with Crippen LogP contribution in [0.2, 0.25) is 0 Å². The van der Waals surface area contributed by atoms with Gasteiger partial charge in [0.15, 0.2) is 0 Å². The largest absolute Gasteiger partial charge is 0.456 e. The van der Waals surface area contributed by atoms with E-state index in [0.717, 1.165) is 43.9 Å². The third kappa shape index (κ3) is 4.38. The van der Waals surface area contributed by atoms with Crippen molar-refractivity contribution in [3.8, 4) is 44.5 Å². The summed E-state index contributed by atoms with van der Waals surface area (Å²) in [6, 6.07) is 63.7. The van der Waals surface area contributed by atoms with Gasteiger partial charge in [0, 0.05) is 21.5 Å². The average molecular weight is 649 g/mol. The lowest BCUT2D eigenvalue weighted by Crippen LogP contribution is -2.52. The van der Waals surface area contributed by atoms with Crippen molar-refractivity contribution in [2.24, 2.45) is 0 Å². The van der Waals surface area contributed by atoms with Crippen LogP contribution in [0.5, 0.6) is 0 Å². The third-order valence-corrected chi connectivity index (χ3v) is 10.8. The monoisotopic (exact) mass is 648 g/mol. The summed E-state index contributed by atoms with van der Waals surface area (Å²) < 4.78 is 12.3. The molecule has 0 fully saturated rings. The van der Waals surface area contributed by atoms with Crippen LogP contribution in [0, 0.1) is 0 Å². The van der Waals surface area contributed by atoms with E-state index in [1.807, 2.05) is 24.3 Å². The molecule has 236 valence electrons.